The number of nitrogens with one attached hydrogen (secondary N) is 2. The number of nitrogens with zero attached hydrogens (tertiary/aromatic N) is 1. The zero-order chi connectivity index (χ0) is 25.3. The molecule has 178 valence electrons. The first-order chi connectivity index (χ1) is 16.7. The molecule has 1 aliphatic heterocycles. The van der Waals surface area contributed by atoms with Gasteiger partial charge >= 0.3 is 0 Å². The van der Waals surface area contributed by atoms with Crippen LogP contribution in [-0.4, -0.2) is 17.7 Å². The van der Waals surface area contributed by atoms with E-state index in [2.05, 4.69) is 24.5 Å². The van der Waals surface area contributed by atoms with Crippen LogP contribution in [0.1, 0.15) is 35.7 Å². The van der Waals surface area contributed by atoms with Crippen LogP contribution in [0.2, 0.25) is 10.0 Å². The number of imide groups is 1. The van der Waals surface area contributed by atoms with E-state index >= 15 is 0 Å². The Morgan fingerprint density at radius 3 is 2.20 bits per heavy atom. The molecular formula is C26H20Cl3N3O3. The molecule has 2 N–H and O–H groups in total. The maximum atomic E-state index is 13.1. The predicted octanol–water partition coefficient (Wildman–Crippen LogP) is 6.80. The van der Waals surface area contributed by atoms with Crippen LogP contribution in [-0.2, 0) is 9.59 Å². The lowest BCUT2D eigenvalue weighted by atomic mass is 10.0. The fourth-order valence-electron chi connectivity index (χ4n) is 3.51. The van der Waals surface area contributed by atoms with Crippen molar-refractivity contribution < 1.29 is 14.4 Å². The Hall–Kier alpha value is -3.32. The average Bonchev–Trinajstić information content (AvgIpc) is 3.04. The Morgan fingerprint density at radius 1 is 0.829 bits per heavy atom. The minimum Gasteiger partial charge on any atom is -0.350 e. The van der Waals surface area contributed by atoms with Gasteiger partial charge in [-0.3, -0.25) is 14.4 Å². The highest BCUT2D eigenvalue weighted by Crippen LogP contribution is 2.31. The Bertz CT molecular complexity index is 1370. The topological polar surface area (TPSA) is 78.5 Å². The second-order valence-electron chi connectivity index (χ2n) is 8.17. The maximum Gasteiger partial charge on any atom is 0.283 e. The lowest BCUT2D eigenvalue weighted by Crippen LogP contribution is -2.32. The van der Waals surface area contributed by atoms with Crippen molar-refractivity contribution in [3.63, 3.8) is 0 Å². The summed E-state index contributed by atoms with van der Waals surface area (Å²) in [5.41, 5.74) is 2.65. The van der Waals surface area contributed by atoms with E-state index in [1.165, 1.54) is 0 Å². The summed E-state index contributed by atoms with van der Waals surface area (Å²) in [4.78, 5) is 39.6. The van der Waals surface area contributed by atoms with Gasteiger partial charge in [0.05, 0.1) is 15.7 Å². The molecule has 0 bridgehead atoms. The first-order valence-electron chi connectivity index (χ1n) is 10.7. The number of benzene rings is 3. The van der Waals surface area contributed by atoms with Crippen molar-refractivity contribution in [2.75, 3.05) is 15.5 Å². The second kappa shape index (κ2) is 10.1. The van der Waals surface area contributed by atoms with Crippen LogP contribution in [0.3, 0.4) is 0 Å². The Labute approximate surface area is 217 Å². The molecule has 3 aromatic carbocycles. The van der Waals surface area contributed by atoms with E-state index in [4.69, 9.17) is 34.8 Å². The van der Waals surface area contributed by atoms with Gasteiger partial charge in [-0.05, 0) is 60.0 Å². The summed E-state index contributed by atoms with van der Waals surface area (Å²) in [6, 6.07) is 18.4. The van der Waals surface area contributed by atoms with E-state index in [0.717, 1.165) is 10.5 Å². The highest BCUT2D eigenvalue weighted by atomic mass is 35.5. The Morgan fingerprint density at radius 2 is 1.54 bits per heavy atom. The molecule has 0 aromatic heterocycles. The third-order valence-electron chi connectivity index (χ3n) is 5.42. The highest BCUT2D eigenvalue weighted by molar-refractivity contribution is 6.53. The number of halogens is 3. The molecule has 1 aliphatic rings. The average molecular weight is 529 g/mol. The van der Waals surface area contributed by atoms with Gasteiger partial charge in [0.2, 0.25) is 0 Å². The molecule has 1 heterocycles. The lowest BCUT2D eigenvalue weighted by Gasteiger charge is -2.16. The van der Waals surface area contributed by atoms with Crippen molar-refractivity contribution in [1.29, 1.82) is 0 Å². The van der Waals surface area contributed by atoms with Crippen LogP contribution >= 0.6 is 34.8 Å². The van der Waals surface area contributed by atoms with Crippen molar-refractivity contribution in [2.24, 2.45) is 0 Å². The summed E-state index contributed by atoms with van der Waals surface area (Å²) in [5.74, 6) is -1.28. The first kappa shape index (κ1) is 24.8. The van der Waals surface area contributed by atoms with Crippen molar-refractivity contribution in [3.8, 4) is 0 Å². The molecule has 0 saturated carbocycles. The summed E-state index contributed by atoms with van der Waals surface area (Å²) in [7, 11) is 0. The molecule has 0 fully saturated rings. The van der Waals surface area contributed by atoms with Gasteiger partial charge in [0.25, 0.3) is 17.7 Å². The van der Waals surface area contributed by atoms with Crippen molar-refractivity contribution in [3.05, 3.63) is 98.6 Å². The smallest absolute Gasteiger partial charge is 0.283 e. The van der Waals surface area contributed by atoms with Crippen LogP contribution in [0, 0.1) is 0 Å². The molecule has 9 heteroatoms. The number of carbonyl (C=O) groups excluding carboxylic acids is 3. The summed E-state index contributed by atoms with van der Waals surface area (Å²) in [6.45, 7) is 4.11. The lowest BCUT2D eigenvalue weighted by molar-refractivity contribution is -0.120. The number of carbonyl (C=O) groups is 3. The van der Waals surface area contributed by atoms with E-state index in [1.807, 2.05) is 12.1 Å². The van der Waals surface area contributed by atoms with Gasteiger partial charge in [0.15, 0.2) is 0 Å². The number of rotatable bonds is 6. The first-order valence-corrected chi connectivity index (χ1v) is 11.8. The number of amides is 3. The predicted molar refractivity (Wildman–Crippen MR) is 140 cm³/mol. The van der Waals surface area contributed by atoms with Crippen LogP contribution in [0.5, 0.6) is 0 Å². The molecule has 0 aliphatic carbocycles. The van der Waals surface area contributed by atoms with Gasteiger partial charge in [-0.25, -0.2) is 4.90 Å². The third kappa shape index (κ3) is 5.20. The number of hydrogen-bond donors (Lipinski definition) is 2. The molecule has 0 saturated heterocycles. The Balaban J connectivity index is 1.52. The number of anilines is 3. The highest BCUT2D eigenvalue weighted by Gasteiger charge is 2.39. The second-order valence-corrected chi connectivity index (χ2v) is 9.36. The van der Waals surface area contributed by atoms with Crippen LogP contribution < -0.4 is 15.5 Å². The van der Waals surface area contributed by atoms with Crippen molar-refractivity contribution >= 4 is 69.6 Å². The maximum absolute atomic E-state index is 13.1. The minimum absolute atomic E-state index is 0.0633. The normalized spacial score (nSPS) is 13.6. The molecule has 3 aromatic rings. The zero-order valence-electron chi connectivity index (χ0n) is 18.7. The van der Waals surface area contributed by atoms with Crippen molar-refractivity contribution in [2.45, 2.75) is 19.8 Å². The van der Waals surface area contributed by atoms with Crippen molar-refractivity contribution in [1.82, 2.24) is 0 Å². The molecule has 0 atom stereocenters. The van der Waals surface area contributed by atoms with Crippen LogP contribution in [0.25, 0.3) is 0 Å². The summed E-state index contributed by atoms with van der Waals surface area (Å²) < 4.78 is 0. The monoisotopic (exact) mass is 527 g/mol. The SMILES string of the molecule is CC(C)c1ccc(N2C(=O)C(Cl)=C(Nc3cccc(C(=O)Nc4ccc(Cl)c(Cl)c4)c3)C2=O)cc1. The standard InChI is InChI=1S/C26H20Cl3N3O3/c1-14(2)15-6-9-19(10-7-15)32-25(34)22(29)23(26(32)35)30-17-5-3-4-16(12-17)24(33)31-18-8-11-20(27)21(28)13-18/h3-14,30H,1-2H3,(H,31,33). The summed E-state index contributed by atoms with van der Waals surface area (Å²) in [6.07, 6.45) is 0. The third-order valence-corrected chi connectivity index (χ3v) is 6.51. The minimum atomic E-state index is -0.620. The van der Waals surface area contributed by atoms with Gasteiger partial charge in [0.1, 0.15) is 10.7 Å². The molecule has 35 heavy (non-hydrogen) atoms. The van der Waals surface area contributed by atoms with Gasteiger partial charge in [-0.15, -0.1) is 0 Å². The van der Waals surface area contributed by atoms with E-state index in [1.54, 1.807) is 54.6 Å². The number of hydrogen-bond acceptors (Lipinski definition) is 4. The molecule has 0 unspecified atom stereocenters. The van der Waals surface area contributed by atoms with Crippen LogP contribution in [0.15, 0.2) is 77.5 Å². The van der Waals surface area contributed by atoms with Crippen LogP contribution in [0.4, 0.5) is 17.1 Å². The van der Waals surface area contributed by atoms with Gasteiger partial charge < -0.3 is 10.6 Å². The molecule has 0 radical (unpaired) electrons. The largest absolute Gasteiger partial charge is 0.350 e. The zero-order valence-corrected chi connectivity index (χ0v) is 21.0. The van der Waals surface area contributed by atoms with E-state index in [0.29, 0.717) is 38.6 Å². The molecular weight excluding hydrogens is 509 g/mol. The van der Waals surface area contributed by atoms with E-state index < -0.39 is 17.7 Å². The quantitative estimate of drug-likeness (QED) is 0.345. The Kier molecular flexibility index (Phi) is 7.17. The fourth-order valence-corrected chi connectivity index (χ4v) is 4.02. The molecule has 4 rings (SSSR count). The summed E-state index contributed by atoms with van der Waals surface area (Å²) >= 11 is 18.2. The molecule has 6 nitrogen and oxygen atoms in total. The van der Waals surface area contributed by atoms with E-state index in [9.17, 15) is 14.4 Å². The van der Waals surface area contributed by atoms with Gasteiger partial charge in [0, 0.05) is 16.9 Å². The molecule has 0 spiro atoms. The fraction of sp³-hybridized carbons (Fsp3) is 0.115. The molecule has 3 amide bonds. The van der Waals surface area contributed by atoms with E-state index in [-0.39, 0.29) is 10.7 Å². The van der Waals surface area contributed by atoms with Gasteiger partial charge in [-0.2, -0.15) is 0 Å². The summed E-state index contributed by atoms with van der Waals surface area (Å²) in [5, 5.41) is 6.09. The van der Waals surface area contributed by atoms with Gasteiger partial charge in [-0.1, -0.05) is 66.8 Å².